The standard InChI is InChI=1S/C17H24N2OS/c1-3-4-8-15-12-14-7-5-6-9-16(14)17(18-15)20-11-10-19(2)13-21/h5-7,9,12,21H,3-4,8,10-11,13H2,1-2H3. The zero-order valence-electron chi connectivity index (χ0n) is 12.9. The molecule has 2 rings (SSSR count). The molecular weight excluding hydrogens is 280 g/mol. The molecule has 0 spiro atoms. The molecule has 0 aliphatic carbocycles. The van der Waals surface area contributed by atoms with Gasteiger partial charge in [0.1, 0.15) is 6.61 Å². The molecule has 0 bridgehead atoms. The minimum absolute atomic E-state index is 0.630. The van der Waals surface area contributed by atoms with Crippen molar-refractivity contribution in [2.75, 3.05) is 26.1 Å². The van der Waals surface area contributed by atoms with Gasteiger partial charge in [-0.1, -0.05) is 31.5 Å². The van der Waals surface area contributed by atoms with Crippen molar-refractivity contribution in [2.24, 2.45) is 0 Å². The topological polar surface area (TPSA) is 25.4 Å². The Kier molecular flexibility index (Phi) is 6.33. The van der Waals surface area contributed by atoms with Gasteiger partial charge in [-0.2, -0.15) is 12.6 Å². The minimum Gasteiger partial charge on any atom is -0.476 e. The molecule has 1 aromatic carbocycles. The van der Waals surface area contributed by atoms with Crippen molar-refractivity contribution in [3.8, 4) is 5.88 Å². The molecule has 0 amide bonds. The van der Waals surface area contributed by atoms with E-state index < -0.39 is 0 Å². The van der Waals surface area contributed by atoms with Gasteiger partial charge in [-0.05, 0) is 37.4 Å². The molecule has 0 atom stereocenters. The quantitative estimate of drug-likeness (QED) is 0.593. The van der Waals surface area contributed by atoms with Crippen LogP contribution in [0.3, 0.4) is 0 Å². The van der Waals surface area contributed by atoms with E-state index in [0.717, 1.165) is 42.2 Å². The summed E-state index contributed by atoms with van der Waals surface area (Å²) >= 11 is 4.24. The summed E-state index contributed by atoms with van der Waals surface area (Å²) in [4.78, 5) is 6.80. The number of hydrogen-bond acceptors (Lipinski definition) is 4. The predicted molar refractivity (Wildman–Crippen MR) is 92.3 cm³/mol. The van der Waals surface area contributed by atoms with E-state index in [2.05, 4.69) is 48.7 Å². The second kappa shape index (κ2) is 8.25. The molecule has 1 heterocycles. The molecule has 3 nitrogen and oxygen atoms in total. The lowest BCUT2D eigenvalue weighted by Gasteiger charge is -2.15. The number of pyridine rings is 1. The van der Waals surface area contributed by atoms with Crippen LogP contribution in [0.4, 0.5) is 0 Å². The number of thiol groups is 1. The Labute approximate surface area is 132 Å². The number of aryl methyl sites for hydroxylation is 1. The van der Waals surface area contributed by atoms with Crippen LogP contribution in [0.5, 0.6) is 5.88 Å². The van der Waals surface area contributed by atoms with Crippen LogP contribution < -0.4 is 4.74 Å². The predicted octanol–water partition coefficient (Wildman–Crippen LogP) is 3.78. The first-order valence-corrected chi connectivity index (χ1v) is 8.18. The molecule has 21 heavy (non-hydrogen) atoms. The highest BCUT2D eigenvalue weighted by atomic mass is 32.1. The first kappa shape index (κ1) is 16.1. The molecule has 2 aromatic rings. The zero-order chi connectivity index (χ0) is 15.1. The summed E-state index contributed by atoms with van der Waals surface area (Å²) in [7, 11) is 2.03. The highest BCUT2D eigenvalue weighted by Crippen LogP contribution is 2.25. The van der Waals surface area contributed by atoms with Crippen molar-refractivity contribution >= 4 is 23.4 Å². The van der Waals surface area contributed by atoms with E-state index >= 15 is 0 Å². The number of rotatable bonds is 8. The zero-order valence-corrected chi connectivity index (χ0v) is 13.8. The number of fused-ring (bicyclic) bond motifs is 1. The molecule has 0 unspecified atom stereocenters. The van der Waals surface area contributed by atoms with Gasteiger partial charge in [0.25, 0.3) is 0 Å². The van der Waals surface area contributed by atoms with Gasteiger partial charge in [0.15, 0.2) is 0 Å². The molecule has 1 aromatic heterocycles. The lowest BCUT2D eigenvalue weighted by Crippen LogP contribution is -2.23. The number of unbranched alkanes of at least 4 members (excludes halogenated alkanes) is 1. The fourth-order valence-electron chi connectivity index (χ4n) is 2.18. The number of benzene rings is 1. The van der Waals surface area contributed by atoms with Gasteiger partial charge in [-0.3, -0.25) is 4.90 Å². The van der Waals surface area contributed by atoms with E-state index in [0.29, 0.717) is 6.61 Å². The maximum Gasteiger partial charge on any atom is 0.221 e. The molecule has 0 aliphatic heterocycles. The van der Waals surface area contributed by atoms with Gasteiger partial charge in [-0.25, -0.2) is 4.98 Å². The van der Waals surface area contributed by atoms with E-state index in [1.54, 1.807) is 0 Å². The Balaban J connectivity index is 2.18. The molecule has 114 valence electrons. The molecule has 0 N–H and O–H groups in total. The first-order valence-electron chi connectivity index (χ1n) is 7.55. The fourth-order valence-corrected chi connectivity index (χ4v) is 2.33. The molecule has 0 fully saturated rings. The number of ether oxygens (including phenoxy) is 1. The van der Waals surface area contributed by atoms with Crippen molar-refractivity contribution in [3.63, 3.8) is 0 Å². The molecule has 0 aliphatic rings. The van der Waals surface area contributed by atoms with Crippen LogP contribution in [-0.2, 0) is 6.42 Å². The van der Waals surface area contributed by atoms with Crippen LogP contribution in [0.25, 0.3) is 10.8 Å². The average Bonchev–Trinajstić information content (AvgIpc) is 2.52. The van der Waals surface area contributed by atoms with E-state index in [9.17, 15) is 0 Å². The maximum atomic E-state index is 5.93. The smallest absolute Gasteiger partial charge is 0.221 e. The molecule has 0 saturated heterocycles. The van der Waals surface area contributed by atoms with E-state index in [4.69, 9.17) is 9.72 Å². The second-order valence-electron chi connectivity index (χ2n) is 5.31. The fraction of sp³-hybridized carbons (Fsp3) is 0.471. The van der Waals surface area contributed by atoms with E-state index in [-0.39, 0.29) is 0 Å². The third-order valence-electron chi connectivity index (χ3n) is 3.50. The Hall–Kier alpha value is -1.26. The number of nitrogens with zero attached hydrogens (tertiary/aromatic N) is 2. The summed E-state index contributed by atoms with van der Waals surface area (Å²) in [5.74, 6) is 1.49. The summed E-state index contributed by atoms with van der Waals surface area (Å²) in [5.41, 5.74) is 1.12. The third kappa shape index (κ3) is 4.61. The van der Waals surface area contributed by atoms with Gasteiger partial charge in [0.05, 0.1) is 0 Å². The Morgan fingerprint density at radius 2 is 2.10 bits per heavy atom. The van der Waals surface area contributed by atoms with Crippen molar-refractivity contribution in [1.29, 1.82) is 0 Å². The summed E-state index contributed by atoms with van der Waals surface area (Å²) < 4.78 is 5.93. The van der Waals surface area contributed by atoms with Gasteiger partial charge in [0, 0.05) is 23.5 Å². The lowest BCUT2D eigenvalue weighted by atomic mass is 10.1. The molecule has 4 heteroatoms. The van der Waals surface area contributed by atoms with Crippen LogP contribution in [0.2, 0.25) is 0 Å². The third-order valence-corrected chi connectivity index (χ3v) is 3.98. The van der Waals surface area contributed by atoms with Crippen LogP contribution in [0.15, 0.2) is 30.3 Å². The number of aromatic nitrogens is 1. The second-order valence-corrected chi connectivity index (χ2v) is 5.60. The van der Waals surface area contributed by atoms with Crippen molar-refractivity contribution in [2.45, 2.75) is 26.2 Å². The van der Waals surface area contributed by atoms with Crippen molar-refractivity contribution < 1.29 is 4.74 Å². The summed E-state index contributed by atoms with van der Waals surface area (Å²) in [6.07, 6.45) is 3.35. The van der Waals surface area contributed by atoms with Gasteiger partial charge in [0.2, 0.25) is 5.88 Å². The van der Waals surface area contributed by atoms with Crippen LogP contribution in [-0.4, -0.2) is 36.0 Å². The summed E-state index contributed by atoms with van der Waals surface area (Å²) in [5, 5.41) is 2.29. The summed E-state index contributed by atoms with van der Waals surface area (Å²) in [6.45, 7) is 3.68. The van der Waals surface area contributed by atoms with Gasteiger partial charge in [-0.15, -0.1) is 0 Å². The lowest BCUT2D eigenvalue weighted by molar-refractivity contribution is 0.252. The SMILES string of the molecule is CCCCc1cc2ccccc2c(OCCN(C)CS)n1. The van der Waals surface area contributed by atoms with Gasteiger partial charge < -0.3 is 4.74 Å². The molecule has 0 saturated carbocycles. The maximum absolute atomic E-state index is 5.93. The highest BCUT2D eigenvalue weighted by Gasteiger charge is 2.07. The molecular formula is C17H24N2OS. The van der Waals surface area contributed by atoms with E-state index in [1.807, 2.05) is 13.1 Å². The normalized spacial score (nSPS) is 11.2. The van der Waals surface area contributed by atoms with Crippen LogP contribution >= 0.6 is 12.6 Å². The minimum atomic E-state index is 0.630. The summed E-state index contributed by atoms with van der Waals surface area (Å²) in [6, 6.07) is 10.5. The monoisotopic (exact) mass is 304 g/mol. The molecule has 0 radical (unpaired) electrons. The number of hydrogen-bond donors (Lipinski definition) is 1. The van der Waals surface area contributed by atoms with Crippen LogP contribution in [0.1, 0.15) is 25.5 Å². The van der Waals surface area contributed by atoms with E-state index in [1.165, 1.54) is 11.8 Å². The Bertz CT molecular complexity index is 574. The first-order chi connectivity index (χ1) is 10.2. The number of likely N-dealkylation sites (N-methyl/N-ethyl adjacent to an activating group) is 1. The van der Waals surface area contributed by atoms with Crippen LogP contribution in [0, 0.1) is 0 Å². The average molecular weight is 304 g/mol. The Morgan fingerprint density at radius 3 is 2.86 bits per heavy atom. The highest BCUT2D eigenvalue weighted by molar-refractivity contribution is 7.80. The van der Waals surface area contributed by atoms with Gasteiger partial charge >= 0.3 is 0 Å². The Morgan fingerprint density at radius 1 is 1.29 bits per heavy atom. The van der Waals surface area contributed by atoms with Crippen molar-refractivity contribution in [3.05, 3.63) is 36.0 Å². The van der Waals surface area contributed by atoms with Crippen molar-refractivity contribution in [1.82, 2.24) is 9.88 Å². The largest absolute Gasteiger partial charge is 0.476 e.